The highest BCUT2D eigenvalue weighted by Gasteiger charge is 2.54. The average Bonchev–Trinajstić information content (AvgIpc) is 2.48. The molecule has 2 heteroatoms. The second-order valence-electron chi connectivity index (χ2n) is 4.81. The molecule has 0 spiro atoms. The minimum Gasteiger partial charge on any atom is -0.478 e. The van der Waals surface area contributed by atoms with Crippen LogP contribution >= 0.6 is 0 Å². The molecule has 14 heavy (non-hydrogen) atoms. The molecule has 78 valence electrons. The Balaban J connectivity index is 2.67. The normalized spacial score (nSPS) is 28.9. The Bertz CT molecular complexity index is 293. The van der Waals surface area contributed by atoms with Crippen molar-refractivity contribution in [2.24, 2.45) is 17.3 Å². The van der Waals surface area contributed by atoms with E-state index in [9.17, 15) is 4.79 Å². The molecule has 0 saturated heterocycles. The van der Waals surface area contributed by atoms with E-state index in [1.54, 1.807) is 0 Å². The number of carbonyl (C=O) groups is 1. The van der Waals surface area contributed by atoms with Crippen LogP contribution in [0.25, 0.3) is 0 Å². The van der Waals surface area contributed by atoms with Gasteiger partial charge in [-0.3, -0.25) is 0 Å². The van der Waals surface area contributed by atoms with Crippen LogP contribution in [-0.4, -0.2) is 11.1 Å². The number of rotatable bonds is 3. The Morgan fingerprint density at radius 3 is 2.29 bits per heavy atom. The number of hydrogen-bond donors (Lipinski definition) is 1. The number of aliphatic carboxylic acids is 1. The van der Waals surface area contributed by atoms with E-state index in [0.29, 0.717) is 11.8 Å². The van der Waals surface area contributed by atoms with Crippen LogP contribution in [-0.2, 0) is 4.79 Å². The molecular weight excluding hydrogens is 176 g/mol. The van der Waals surface area contributed by atoms with Crippen LogP contribution in [0.4, 0.5) is 0 Å². The lowest BCUT2D eigenvalue weighted by atomic mass is 10.1. The molecule has 1 rings (SSSR count). The van der Waals surface area contributed by atoms with E-state index in [4.69, 9.17) is 5.11 Å². The van der Waals surface area contributed by atoms with Crippen molar-refractivity contribution in [2.75, 3.05) is 0 Å². The Morgan fingerprint density at radius 1 is 1.29 bits per heavy atom. The topological polar surface area (TPSA) is 37.3 Å². The maximum absolute atomic E-state index is 10.4. The monoisotopic (exact) mass is 194 g/mol. The van der Waals surface area contributed by atoms with E-state index >= 15 is 0 Å². The highest BCUT2D eigenvalue weighted by molar-refractivity contribution is 5.79. The molecule has 0 bridgehead atoms. The number of carboxylic acid groups (broad SMARTS) is 1. The lowest BCUT2D eigenvalue weighted by molar-refractivity contribution is -0.131. The fourth-order valence-electron chi connectivity index (χ4n) is 1.95. The third-order valence-corrected chi connectivity index (χ3v) is 2.96. The van der Waals surface area contributed by atoms with Crippen LogP contribution < -0.4 is 0 Å². The van der Waals surface area contributed by atoms with Crippen molar-refractivity contribution < 1.29 is 9.90 Å². The van der Waals surface area contributed by atoms with Crippen molar-refractivity contribution in [2.45, 2.75) is 27.7 Å². The molecule has 0 amide bonds. The van der Waals surface area contributed by atoms with Crippen LogP contribution in [0.15, 0.2) is 23.8 Å². The van der Waals surface area contributed by atoms with Crippen LogP contribution in [0.2, 0.25) is 0 Å². The Kier molecular flexibility index (Phi) is 2.84. The van der Waals surface area contributed by atoms with Gasteiger partial charge in [0.1, 0.15) is 0 Å². The molecule has 1 fully saturated rings. The molecular formula is C12H18O2. The molecule has 0 aromatic carbocycles. The van der Waals surface area contributed by atoms with Gasteiger partial charge in [0, 0.05) is 6.08 Å². The molecule has 2 atom stereocenters. The third kappa shape index (κ3) is 2.25. The molecule has 1 aliphatic carbocycles. The summed E-state index contributed by atoms with van der Waals surface area (Å²) in [4.78, 5) is 10.4. The van der Waals surface area contributed by atoms with Gasteiger partial charge in [-0.15, -0.1) is 0 Å². The smallest absolute Gasteiger partial charge is 0.327 e. The summed E-state index contributed by atoms with van der Waals surface area (Å²) in [5.74, 6) is 0.0280. The Labute approximate surface area is 85.3 Å². The minimum atomic E-state index is -0.858. The van der Waals surface area contributed by atoms with Gasteiger partial charge in [0.05, 0.1) is 0 Å². The Morgan fingerprint density at radius 2 is 1.86 bits per heavy atom. The first-order chi connectivity index (χ1) is 6.35. The van der Waals surface area contributed by atoms with Gasteiger partial charge in [0.15, 0.2) is 0 Å². The molecule has 2 nitrogen and oxygen atoms in total. The average molecular weight is 194 g/mol. The summed E-state index contributed by atoms with van der Waals surface area (Å²) in [6, 6.07) is 0. The summed E-state index contributed by atoms with van der Waals surface area (Å²) in [6.45, 7) is 8.50. The van der Waals surface area contributed by atoms with Crippen molar-refractivity contribution in [3.05, 3.63) is 23.8 Å². The maximum Gasteiger partial charge on any atom is 0.327 e. The minimum absolute atomic E-state index is 0.225. The van der Waals surface area contributed by atoms with Crippen molar-refractivity contribution in [3.8, 4) is 0 Å². The quantitative estimate of drug-likeness (QED) is 0.554. The van der Waals surface area contributed by atoms with Crippen molar-refractivity contribution in [3.63, 3.8) is 0 Å². The zero-order chi connectivity index (χ0) is 10.9. The van der Waals surface area contributed by atoms with E-state index in [1.807, 2.05) is 6.08 Å². The molecule has 0 radical (unpaired) electrons. The van der Waals surface area contributed by atoms with E-state index in [-0.39, 0.29) is 5.41 Å². The van der Waals surface area contributed by atoms with Crippen LogP contribution in [0.5, 0.6) is 0 Å². The second-order valence-corrected chi connectivity index (χ2v) is 4.81. The predicted octanol–water partition coefficient (Wildman–Crippen LogP) is 2.87. The molecule has 1 saturated carbocycles. The van der Waals surface area contributed by atoms with Crippen LogP contribution in [0.1, 0.15) is 27.7 Å². The standard InChI is InChI=1S/C12H18O2/c1-8(2)7-10-9(12(10,3)4)5-6-11(13)14/h5-7,9-10H,1-4H3,(H,13,14)/b6-5+. The van der Waals surface area contributed by atoms with Gasteiger partial charge in [0.2, 0.25) is 0 Å². The zero-order valence-corrected chi connectivity index (χ0v) is 9.24. The van der Waals surface area contributed by atoms with Gasteiger partial charge >= 0.3 is 5.97 Å². The fourth-order valence-corrected chi connectivity index (χ4v) is 1.95. The Hall–Kier alpha value is -1.05. The summed E-state index contributed by atoms with van der Waals surface area (Å²) in [7, 11) is 0. The molecule has 0 aliphatic heterocycles. The number of carboxylic acids is 1. The molecule has 0 aromatic rings. The van der Waals surface area contributed by atoms with Gasteiger partial charge in [0.25, 0.3) is 0 Å². The second kappa shape index (κ2) is 3.60. The highest BCUT2D eigenvalue weighted by atomic mass is 16.4. The van der Waals surface area contributed by atoms with Gasteiger partial charge in [-0.1, -0.05) is 31.6 Å². The van der Waals surface area contributed by atoms with Crippen molar-refractivity contribution in [1.82, 2.24) is 0 Å². The fraction of sp³-hybridized carbons (Fsp3) is 0.583. The lowest BCUT2D eigenvalue weighted by Gasteiger charge is -1.97. The van der Waals surface area contributed by atoms with Gasteiger partial charge in [-0.25, -0.2) is 4.79 Å². The molecule has 0 aromatic heterocycles. The summed E-state index contributed by atoms with van der Waals surface area (Å²) in [6.07, 6.45) is 5.30. The van der Waals surface area contributed by atoms with E-state index in [2.05, 4.69) is 33.8 Å². The van der Waals surface area contributed by atoms with Crippen LogP contribution in [0.3, 0.4) is 0 Å². The van der Waals surface area contributed by atoms with Gasteiger partial charge in [-0.2, -0.15) is 0 Å². The van der Waals surface area contributed by atoms with E-state index in [0.717, 1.165) is 0 Å². The molecule has 1 N–H and O–H groups in total. The first-order valence-electron chi connectivity index (χ1n) is 4.92. The highest BCUT2D eigenvalue weighted by Crippen LogP contribution is 2.60. The van der Waals surface area contributed by atoms with Crippen molar-refractivity contribution >= 4 is 5.97 Å². The van der Waals surface area contributed by atoms with Gasteiger partial charge < -0.3 is 5.11 Å². The largest absolute Gasteiger partial charge is 0.478 e. The van der Waals surface area contributed by atoms with Crippen LogP contribution in [0, 0.1) is 17.3 Å². The molecule has 2 unspecified atom stereocenters. The summed E-state index contributed by atoms with van der Waals surface area (Å²) < 4.78 is 0. The summed E-state index contributed by atoms with van der Waals surface area (Å²) >= 11 is 0. The zero-order valence-electron chi connectivity index (χ0n) is 9.24. The summed E-state index contributed by atoms with van der Waals surface area (Å²) in [5.41, 5.74) is 1.53. The van der Waals surface area contributed by atoms with E-state index < -0.39 is 5.97 Å². The maximum atomic E-state index is 10.4. The molecule has 0 heterocycles. The first-order valence-corrected chi connectivity index (χ1v) is 4.92. The predicted molar refractivity (Wildman–Crippen MR) is 57.0 cm³/mol. The third-order valence-electron chi connectivity index (χ3n) is 2.96. The van der Waals surface area contributed by atoms with Crippen molar-refractivity contribution in [1.29, 1.82) is 0 Å². The van der Waals surface area contributed by atoms with Gasteiger partial charge in [-0.05, 0) is 31.1 Å². The molecule has 1 aliphatic rings. The lowest BCUT2D eigenvalue weighted by Crippen LogP contribution is -1.90. The summed E-state index contributed by atoms with van der Waals surface area (Å²) in [5, 5.41) is 8.53. The number of hydrogen-bond acceptors (Lipinski definition) is 1. The van der Waals surface area contributed by atoms with E-state index in [1.165, 1.54) is 11.6 Å². The number of allylic oxidation sites excluding steroid dienone is 3. The first kappa shape index (κ1) is 11.0. The SMILES string of the molecule is CC(C)=CC1C(/C=C/C(=O)O)C1(C)C.